The lowest BCUT2D eigenvalue weighted by atomic mass is 10.3. The van der Waals surface area contributed by atoms with Gasteiger partial charge in [-0.15, -0.1) is 0 Å². The maximum Gasteiger partial charge on any atom is 0.322 e. The van der Waals surface area contributed by atoms with E-state index in [9.17, 15) is 0 Å². The highest BCUT2D eigenvalue weighted by Crippen LogP contribution is 2.26. The van der Waals surface area contributed by atoms with E-state index in [0.29, 0.717) is 5.02 Å². The SMILES string of the molecule is COc1nc(Cl)nc(Nc2ccc(Br)c(Cl)c2)n1. The van der Waals surface area contributed by atoms with Gasteiger partial charge >= 0.3 is 6.01 Å². The van der Waals surface area contributed by atoms with Crippen LogP contribution in [0.15, 0.2) is 22.7 Å². The Morgan fingerprint density at radius 1 is 1.22 bits per heavy atom. The van der Waals surface area contributed by atoms with E-state index >= 15 is 0 Å². The molecule has 5 nitrogen and oxygen atoms in total. The highest BCUT2D eigenvalue weighted by atomic mass is 79.9. The van der Waals surface area contributed by atoms with E-state index in [1.807, 2.05) is 12.1 Å². The van der Waals surface area contributed by atoms with E-state index in [1.54, 1.807) is 6.07 Å². The predicted octanol–water partition coefficient (Wildman–Crippen LogP) is 3.69. The van der Waals surface area contributed by atoms with Crippen LogP contribution in [-0.4, -0.2) is 22.1 Å². The number of ether oxygens (including phenoxy) is 1. The third-order valence-corrected chi connectivity index (χ3v) is 3.35. The summed E-state index contributed by atoms with van der Waals surface area (Å²) in [6, 6.07) is 5.50. The first-order valence-electron chi connectivity index (χ1n) is 4.76. The molecule has 0 aliphatic heterocycles. The molecule has 0 fully saturated rings. The van der Waals surface area contributed by atoms with Crippen molar-refractivity contribution in [2.75, 3.05) is 12.4 Å². The van der Waals surface area contributed by atoms with Crippen molar-refractivity contribution in [3.8, 4) is 6.01 Å². The molecular weight excluding hydrogens is 343 g/mol. The highest BCUT2D eigenvalue weighted by Gasteiger charge is 2.06. The molecular formula is C10H7BrCl2N4O. The molecule has 0 radical (unpaired) electrons. The fourth-order valence-electron chi connectivity index (χ4n) is 1.18. The van der Waals surface area contributed by atoms with Gasteiger partial charge in [-0.1, -0.05) is 11.6 Å². The topological polar surface area (TPSA) is 59.9 Å². The molecule has 8 heteroatoms. The molecule has 0 amide bonds. The maximum atomic E-state index is 5.98. The molecule has 0 unspecified atom stereocenters. The van der Waals surface area contributed by atoms with Crippen molar-refractivity contribution in [1.82, 2.24) is 15.0 Å². The van der Waals surface area contributed by atoms with Crippen LogP contribution in [0.2, 0.25) is 10.3 Å². The summed E-state index contributed by atoms with van der Waals surface area (Å²) in [4.78, 5) is 11.7. The lowest BCUT2D eigenvalue weighted by Gasteiger charge is -2.07. The Morgan fingerprint density at radius 2 is 2.00 bits per heavy atom. The minimum Gasteiger partial charge on any atom is -0.467 e. The second-order valence-electron chi connectivity index (χ2n) is 3.17. The highest BCUT2D eigenvalue weighted by molar-refractivity contribution is 9.10. The maximum absolute atomic E-state index is 5.98. The molecule has 2 rings (SSSR count). The Kier molecular flexibility index (Phi) is 4.21. The Labute approximate surface area is 122 Å². The fraction of sp³-hybridized carbons (Fsp3) is 0.100. The average Bonchev–Trinajstić information content (AvgIpc) is 2.33. The van der Waals surface area contributed by atoms with E-state index in [0.717, 1.165) is 10.2 Å². The van der Waals surface area contributed by atoms with Crippen molar-refractivity contribution in [2.24, 2.45) is 0 Å². The smallest absolute Gasteiger partial charge is 0.322 e. The van der Waals surface area contributed by atoms with Gasteiger partial charge in [0.1, 0.15) is 0 Å². The molecule has 0 atom stereocenters. The van der Waals surface area contributed by atoms with Gasteiger partial charge in [0.2, 0.25) is 11.2 Å². The molecule has 0 saturated carbocycles. The van der Waals surface area contributed by atoms with Gasteiger partial charge in [-0.3, -0.25) is 0 Å². The van der Waals surface area contributed by atoms with Crippen LogP contribution in [-0.2, 0) is 0 Å². The number of benzene rings is 1. The van der Waals surface area contributed by atoms with Crippen LogP contribution in [0.5, 0.6) is 6.01 Å². The van der Waals surface area contributed by atoms with Gasteiger partial charge in [0.25, 0.3) is 0 Å². The minimum absolute atomic E-state index is 0.0487. The predicted molar refractivity (Wildman–Crippen MR) is 73.8 cm³/mol. The van der Waals surface area contributed by atoms with Crippen LogP contribution < -0.4 is 10.1 Å². The zero-order valence-corrected chi connectivity index (χ0v) is 12.2. The largest absolute Gasteiger partial charge is 0.467 e. The van der Waals surface area contributed by atoms with Gasteiger partial charge in [0, 0.05) is 10.2 Å². The Bertz CT molecular complexity index is 582. The molecule has 1 N–H and O–H groups in total. The third-order valence-electron chi connectivity index (χ3n) is 1.95. The second kappa shape index (κ2) is 5.69. The number of aromatic nitrogens is 3. The molecule has 0 saturated heterocycles. The van der Waals surface area contributed by atoms with E-state index in [2.05, 4.69) is 36.2 Å². The molecule has 0 aliphatic rings. The van der Waals surface area contributed by atoms with Gasteiger partial charge in [0.05, 0.1) is 12.1 Å². The molecule has 1 heterocycles. The number of nitrogens with zero attached hydrogens (tertiary/aromatic N) is 3. The van der Waals surface area contributed by atoms with Gasteiger partial charge in [0.15, 0.2) is 0 Å². The van der Waals surface area contributed by atoms with Gasteiger partial charge in [-0.05, 0) is 45.7 Å². The minimum atomic E-state index is 0.0487. The summed E-state index contributed by atoms with van der Waals surface area (Å²) in [5.41, 5.74) is 0.729. The Balaban J connectivity index is 2.27. The van der Waals surface area contributed by atoms with Crippen LogP contribution in [0.1, 0.15) is 0 Å². The lowest BCUT2D eigenvalue weighted by Crippen LogP contribution is -2.01. The van der Waals surface area contributed by atoms with Crippen LogP contribution in [0.3, 0.4) is 0 Å². The number of nitrogens with one attached hydrogen (secondary N) is 1. The number of halogens is 3. The van der Waals surface area contributed by atoms with Crippen LogP contribution in [0.25, 0.3) is 0 Å². The van der Waals surface area contributed by atoms with Gasteiger partial charge < -0.3 is 10.1 Å². The first kappa shape index (κ1) is 13.3. The number of methoxy groups -OCH3 is 1. The van der Waals surface area contributed by atoms with Crippen molar-refractivity contribution < 1.29 is 4.74 Å². The summed E-state index contributed by atoms with van der Waals surface area (Å²) in [5.74, 6) is 0.283. The van der Waals surface area contributed by atoms with Crippen molar-refractivity contribution in [3.63, 3.8) is 0 Å². The lowest BCUT2D eigenvalue weighted by molar-refractivity contribution is 0.379. The summed E-state index contributed by atoms with van der Waals surface area (Å²) in [7, 11) is 1.45. The quantitative estimate of drug-likeness (QED) is 0.915. The van der Waals surface area contributed by atoms with Crippen LogP contribution in [0.4, 0.5) is 11.6 Å². The molecule has 2 aromatic rings. The first-order valence-corrected chi connectivity index (χ1v) is 6.31. The zero-order chi connectivity index (χ0) is 13.1. The van der Waals surface area contributed by atoms with E-state index in [-0.39, 0.29) is 17.2 Å². The van der Waals surface area contributed by atoms with Crippen LogP contribution >= 0.6 is 39.1 Å². The summed E-state index contributed by atoms with van der Waals surface area (Å²) in [6.45, 7) is 0. The van der Waals surface area contributed by atoms with Gasteiger partial charge in [-0.25, -0.2) is 0 Å². The molecule has 0 spiro atoms. The van der Waals surface area contributed by atoms with Crippen molar-refractivity contribution in [3.05, 3.63) is 33.0 Å². The Morgan fingerprint density at radius 3 is 2.67 bits per heavy atom. The molecule has 1 aromatic heterocycles. The number of hydrogen-bond donors (Lipinski definition) is 1. The van der Waals surface area contributed by atoms with Crippen molar-refractivity contribution in [2.45, 2.75) is 0 Å². The molecule has 18 heavy (non-hydrogen) atoms. The van der Waals surface area contributed by atoms with Crippen molar-refractivity contribution in [1.29, 1.82) is 0 Å². The normalized spacial score (nSPS) is 10.2. The van der Waals surface area contributed by atoms with Gasteiger partial charge in [-0.2, -0.15) is 15.0 Å². The molecule has 94 valence electrons. The van der Waals surface area contributed by atoms with Crippen molar-refractivity contribution >= 4 is 50.8 Å². The summed E-state index contributed by atoms with van der Waals surface area (Å²) in [5, 5.41) is 3.58. The second-order valence-corrected chi connectivity index (χ2v) is 4.77. The fourth-order valence-corrected chi connectivity index (χ4v) is 1.76. The van der Waals surface area contributed by atoms with E-state index < -0.39 is 0 Å². The molecule has 0 aliphatic carbocycles. The standard InChI is InChI=1S/C10H7BrCl2N4O/c1-18-10-16-8(13)15-9(17-10)14-5-2-3-6(11)7(12)4-5/h2-4H,1H3,(H,14,15,16,17). The zero-order valence-electron chi connectivity index (χ0n) is 9.12. The molecule has 1 aromatic carbocycles. The summed E-state index contributed by atoms with van der Waals surface area (Å²) in [6.07, 6.45) is 0. The Hall–Kier alpha value is -1.11. The summed E-state index contributed by atoms with van der Waals surface area (Å²) >= 11 is 15.0. The monoisotopic (exact) mass is 348 g/mol. The van der Waals surface area contributed by atoms with E-state index in [4.69, 9.17) is 27.9 Å². The third kappa shape index (κ3) is 3.22. The average molecular weight is 350 g/mol. The number of anilines is 2. The van der Waals surface area contributed by atoms with E-state index in [1.165, 1.54) is 7.11 Å². The number of hydrogen-bond acceptors (Lipinski definition) is 5. The molecule has 0 bridgehead atoms. The number of rotatable bonds is 3. The first-order chi connectivity index (χ1) is 8.58. The summed E-state index contributed by atoms with van der Waals surface area (Å²) < 4.78 is 5.70. The van der Waals surface area contributed by atoms with Crippen LogP contribution in [0, 0.1) is 0 Å².